The number of hydrogen-bond acceptors (Lipinski definition) is 7. The van der Waals surface area contributed by atoms with Crippen molar-refractivity contribution in [3.63, 3.8) is 0 Å². The number of amides is 1. The minimum atomic E-state index is -4.72. The molecule has 3 aliphatic rings. The summed E-state index contributed by atoms with van der Waals surface area (Å²) in [6, 6.07) is 43.4. The van der Waals surface area contributed by atoms with Crippen LogP contribution >= 0.6 is 0 Å². The van der Waals surface area contributed by atoms with Crippen molar-refractivity contribution in [3.8, 4) is 22.3 Å². The number of anilines is 4. The van der Waals surface area contributed by atoms with Crippen LogP contribution in [0.4, 0.5) is 22.7 Å². The molecule has 9 rings (SSSR count). The Balaban J connectivity index is 0.00000529. The summed E-state index contributed by atoms with van der Waals surface area (Å²) < 4.78 is 34.4. The first-order valence-electron chi connectivity index (χ1n) is 20.7. The SMILES string of the molecule is CCC1(CC)c2ccccc2-c2ccc(N(c3ccc(/C=C4\C(=O)N(c5ccc(S(=O)(=O)[O-])cc5)N=C4C(=O)O)cc3)c3ccc4c(c3)C(CC)(CC)c3ccccc3-4)cc21.[Na+]. The van der Waals surface area contributed by atoms with Gasteiger partial charge in [-0.25, -0.2) is 13.2 Å². The molecule has 1 N–H and O–H groups in total. The molecule has 62 heavy (non-hydrogen) atoms. The zero-order chi connectivity index (χ0) is 42.8. The fourth-order valence-electron chi connectivity index (χ4n) is 10.2. The summed E-state index contributed by atoms with van der Waals surface area (Å²) in [7, 11) is -4.72. The molecule has 9 nitrogen and oxygen atoms in total. The van der Waals surface area contributed by atoms with E-state index >= 15 is 0 Å². The molecular formula is C51H44N3NaO6S. The monoisotopic (exact) mass is 849 g/mol. The average molecular weight is 850 g/mol. The normalized spacial score (nSPS) is 16.0. The van der Waals surface area contributed by atoms with Crippen LogP contribution in [0.5, 0.6) is 0 Å². The molecule has 0 spiro atoms. The molecule has 1 aliphatic heterocycles. The number of hydrazone groups is 1. The van der Waals surface area contributed by atoms with Gasteiger partial charge in [-0.05, 0) is 142 Å². The van der Waals surface area contributed by atoms with Crippen molar-refractivity contribution in [2.24, 2.45) is 5.10 Å². The number of fused-ring (bicyclic) bond motifs is 6. The molecule has 0 saturated heterocycles. The molecule has 1 heterocycles. The number of carboxylic acid groups (broad SMARTS) is 1. The summed E-state index contributed by atoms with van der Waals surface area (Å²) in [5.41, 5.74) is 13.1. The number of rotatable bonds is 11. The van der Waals surface area contributed by atoms with E-state index in [2.05, 4.69) is 123 Å². The van der Waals surface area contributed by atoms with E-state index in [9.17, 15) is 27.7 Å². The molecule has 306 valence electrons. The molecule has 0 bridgehead atoms. The first-order chi connectivity index (χ1) is 29.4. The quantitative estimate of drug-likeness (QED) is 0.0793. The maximum absolute atomic E-state index is 13.7. The molecule has 0 saturated carbocycles. The van der Waals surface area contributed by atoms with E-state index in [1.165, 1.54) is 62.7 Å². The van der Waals surface area contributed by atoms with Crippen molar-refractivity contribution in [3.05, 3.63) is 167 Å². The van der Waals surface area contributed by atoms with E-state index in [1.54, 1.807) is 0 Å². The number of carbonyl (C=O) groups excluding carboxylic acids is 1. The van der Waals surface area contributed by atoms with Crippen LogP contribution in [-0.2, 0) is 30.5 Å². The van der Waals surface area contributed by atoms with Crippen molar-refractivity contribution in [1.82, 2.24) is 0 Å². The first kappa shape index (κ1) is 43.0. The van der Waals surface area contributed by atoms with Crippen LogP contribution in [-0.4, -0.2) is 35.7 Å². The largest absolute Gasteiger partial charge is 1.00 e. The van der Waals surface area contributed by atoms with Gasteiger partial charge in [0.25, 0.3) is 5.91 Å². The van der Waals surface area contributed by atoms with Crippen molar-refractivity contribution in [1.29, 1.82) is 0 Å². The summed E-state index contributed by atoms with van der Waals surface area (Å²) in [5.74, 6) is -2.10. The number of benzene rings is 6. The summed E-state index contributed by atoms with van der Waals surface area (Å²) >= 11 is 0. The third-order valence-corrected chi connectivity index (χ3v) is 14.2. The molecule has 2 aliphatic carbocycles. The molecule has 6 aromatic rings. The molecule has 0 fully saturated rings. The Labute approximate surface area is 384 Å². The Bertz CT molecular complexity index is 2840. The van der Waals surface area contributed by atoms with E-state index in [1.807, 2.05) is 24.3 Å². The summed E-state index contributed by atoms with van der Waals surface area (Å²) in [6.07, 6.45) is 5.32. The molecule has 6 aromatic carbocycles. The molecule has 0 radical (unpaired) electrons. The van der Waals surface area contributed by atoms with Crippen molar-refractivity contribution >= 4 is 56.5 Å². The minimum Gasteiger partial charge on any atom is -0.744 e. The fraction of sp³-hybridized carbons (Fsp3) is 0.196. The second kappa shape index (κ2) is 16.3. The molecule has 11 heteroatoms. The van der Waals surface area contributed by atoms with E-state index in [0.717, 1.165) is 59.9 Å². The van der Waals surface area contributed by atoms with Crippen molar-refractivity contribution in [2.75, 3.05) is 9.91 Å². The van der Waals surface area contributed by atoms with E-state index in [-0.39, 0.29) is 51.6 Å². The zero-order valence-electron chi connectivity index (χ0n) is 35.3. The summed E-state index contributed by atoms with van der Waals surface area (Å²) in [5, 5.41) is 15.0. The van der Waals surface area contributed by atoms with Gasteiger partial charge >= 0.3 is 35.5 Å². The summed E-state index contributed by atoms with van der Waals surface area (Å²) in [6.45, 7) is 9.08. The maximum atomic E-state index is 13.7. The first-order valence-corrected chi connectivity index (χ1v) is 22.1. The predicted octanol–water partition coefficient (Wildman–Crippen LogP) is 8.11. The number of nitrogens with zero attached hydrogens (tertiary/aromatic N) is 3. The Hall–Kier alpha value is -5.62. The number of aliphatic carboxylic acids is 1. The standard InChI is InChI=1S/C51H45N3O6S.Na/c1-5-50(6-2)43-15-11-9-13-38(43)40-27-23-35(30-45(40)50)53(36-24-28-41-39-14-10-12-16-44(39)51(7-3,8-4)46(41)31-36)33-19-17-32(18-20-33)29-42-47(49(56)57)52-54(48(42)55)34-21-25-37(26-22-34)61(58,59)60;/h9-31H,5-8H2,1-4H3,(H,56,57)(H,58,59,60);/q;+1/p-1/b42-29-;. The van der Waals surface area contributed by atoms with Gasteiger partial charge in [-0.2, -0.15) is 10.1 Å². The van der Waals surface area contributed by atoms with Crippen LogP contribution in [0, 0.1) is 0 Å². The fourth-order valence-corrected chi connectivity index (χ4v) is 10.6. The third-order valence-electron chi connectivity index (χ3n) is 13.3. The van der Waals surface area contributed by atoms with Gasteiger partial charge in [0.05, 0.1) is 16.2 Å². The molecular weight excluding hydrogens is 806 g/mol. The number of hydrogen-bond donors (Lipinski definition) is 1. The van der Waals surface area contributed by atoms with Crippen LogP contribution in [0.1, 0.15) is 81.2 Å². The van der Waals surface area contributed by atoms with Crippen LogP contribution in [0.15, 0.2) is 149 Å². The maximum Gasteiger partial charge on any atom is 1.00 e. The van der Waals surface area contributed by atoms with Gasteiger partial charge in [-0.15, -0.1) is 0 Å². The van der Waals surface area contributed by atoms with Gasteiger partial charge in [0.15, 0.2) is 5.71 Å². The van der Waals surface area contributed by atoms with Crippen LogP contribution in [0.3, 0.4) is 0 Å². The molecule has 1 amide bonds. The third kappa shape index (κ3) is 6.67. The number of carbonyl (C=O) groups is 2. The Morgan fingerprint density at radius 1 is 0.661 bits per heavy atom. The minimum absolute atomic E-state index is 0. The van der Waals surface area contributed by atoms with Gasteiger partial charge in [0.2, 0.25) is 0 Å². The Morgan fingerprint density at radius 3 is 1.56 bits per heavy atom. The Kier molecular flexibility index (Phi) is 11.3. The molecule has 0 atom stereocenters. The van der Waals surface area contributed by atoms with Crippen LogP contribution < -0.4 is 39.5 Å². The van der Waals surface area contributed by atoms with Crippen LogP contribution in [0.2, 0.25) is 0 Å². The second-order valence-corrected chi connectivity index (χ2v) is 17.3. The Morgan fingerprint density at radius 2 is 1.11 bits per heavy atom. The zero-order valence-corrected chi connectivity index (χ0v) is 38.2. The summed E-state index contributed by atoms with van der Waals surface area (Å²) in [4.78, 5) is 27.9. The van der Waals surface area contributed by atoms with E-state index < -0.39 is 32.6 Å². The van der Waals surface area contributed by atoms with Crippen molar-refractivity contribution in [2.45, 2.75) is 69.1 Å². The smallest absolute Gasteiger partial charge is 0.744 e. The predicted molar refractivity (Wildman–Crippen MR) is 240 cm³/mol. The van der Waals surface area contributed by atoms with Gasteiger partial charge in [-0.3, -0.25) is 4.79 Å². The van der Waals surface area contributed by atoms with Gasteiger partial charge in [-0.1, -0.05) is 100 Å². The molecule has 0 aromatic heterocycles. The van der Waals surface area contributed by atoms with Gasteiger partial charge in [0.1, 0.15) is 10.1 Å². The van der Waals surface area contributed by atoms with Gasteiger partial charge in [0, 0.05) is 27.9 Å². The van der Waals surface area contributed by atoms with Crippen LogP contribution in [0.25, 0.3) is 28.3 Å². The second-order valence-electron chi connectivity index (χ2n) is 15.9. The number of carboxylic acids is 1. The average Bonchev–Trinajstić information content (AvgIpc) is 3.87. The van der Waals surface area contributed by atoms with E-state index in [0.29, 0.717) is 5.56 Å². The topological polar surface area (TPSA) is 130 Å². The molecule has 0 unspecified atom stereocenters. The van der Waals surface area contributed by atoms with Gasteiger partial charge < -0.3 is 14.6 Å². The van der Waals surface area contributed by atoms with Crippen molar-refractivity contribution < 1.29 is 57.2 Å². The van der Waals surface area contributed by atoms with E-state index in [4.69, 9.17) is 0 Å².